The zero-order valence-electron chi connectivity index (χ0n) is 16.7. The van der Waals surface area contributed by atoms with E-state index >= 15 is 0 Å². The van der Waals surface area contributed by atoms with E-state index in [4.69, 9.17) is 21.1 Å². The summed E-state index contributed by atoms with van der Waals surface area (Å²) in [6.45, 7) is 1.73. The van der Waals surface area contributed by atoms with Gasteiger partial charge in [-0.3, -0.25) is 4.79 Å². The number of rotatable bonds is 7. The second-order valence-electron chi connectivity index (χ2n) is 7.67. The van der Waals surface area contributed by atoms with Crippen LogP contribution in [0.3, 0.4) is 0 Å². The van der Waals surface area contributed by atoms with Crippen LogP contribution in [0.1, 0.15) is 36.0 Å². The van der Waals surface area contributed by atoms with Crippen molar-refractivity contribution in [2.75, 3.05) is 13.3 Å². The zero-order chi connectivity index (χ0) is 22.0. The lowest BCUT2D eigenvalue weighted by Gasteiger charge is -2.25. The molecule has 4 rings (SSSR count). The number of carbonyl (C=O) groups is 1. The van der Waals surface area contributed by atoms with Crippen molar-refractivity contribution in [2.45, 2.75) is 44.6 Å². The minimum Gasteiger partial charge on any atom is -0.454 e. The standard InChI is InChI=1S/C22H22ClF3N2O3/c23-18-10-20-19(30-13-31-20)9-15(18)11-27-8-7-17-5-6-21(29)28(17)12-14-1-3-16(4-2-14)22(24,25)26/h1-4,9-10,17,27H,5-8,11-13H2. The SMILES string of the molecule is O=C1CCC(CCNCc2cc3c(cc2Cl)OCO3)N1Cc1ccc(C(F)(F)F)cc1. The Morgan fingerprint density at radius 1 is 1.13 bits per heavy atom. The molecule has 31 heavy (non-hydrogen) atoms. The van der Waals surface area contributed by atoms with Crippen LogP contribution in [-0.4, -0.2) is 30.2 Å². The van der Waals surface area contributed by atoms with E-state index < -0.39 is 11.7 Å². The lowest BCUT2D eigenvalue weighted by Crippen LogP contribution is -2.34. The quantitative estimate of drug-likeness (QED) is 0.613. The number of ether oxygens (including phenoxy) is 2. The van der Waals surface area contributed by atoms with Crippen LogP contribution in [-0.2, 0) is 24.1 Å². The summed E-state index contributed by atoms with van der Waals surface area (Å²) in [5.74, 6) is 1.34. The van der Waals surface area contributed by atoms with E-state index in [1.165, 1.54) is 12.1 Å². The van der Waals surface area contributed by atoms with Gasteiger partial charge >= 0.3 is 6.18 Å². The number of likely N-dealkylation sites (tertiary alicyclic amines) is 1. The van der Waals surface area contributed by atoms with E-state index in [1.807, 2.05) is 6.07 Å². The van der Waals surface area contributed by atoms with Crippen LogP contribution in [0.25, 0.3) is 0 Å². The number of nitrogens with zero attached hydrogens (tertiary/aromatic N) is 1. The minimum absolute atomic E-state index is 0.0312. The van der Waals surface area contributed by atoms with Crippen molar-refractivity contribution in [1.82, 2.24) is 10.2 Å². The van der Waals surface area contributed by atoms with Gasteiger partial charge in [-0.05, 0) is 48.7 Å². The monoisotopic (exact) mass is 454 g/mol. The molecule has 5 nitrogen and oxygen atoms in total. The highest BCUT2D eigenvalue weighted by atomic mass is 35.5. The van der Waals surface area contributed by atoms with E-state index in [1.54, 1.807) is 11.0 Å². The molecule has 2 aliphatic rings. The fourth-order valence-corrected chi connectivity index (χ4v) is 4.11. The third-order valence-electron chi connectivity index (χ3n) is 5.60. The Labute approximate surface area is 183 Å². The second kappa shape index (κ2) is 8.96. The maximum Gasteiger partial charge on any atom is 0.416 e. The van der Waals surface area contributed by atoms with Crippen molar-refractivity contribution in [1.29, 1.82) is 0 Å². The summed E-state index contributed by atoms with van der Waals surface area (Å²) >= 11 is 6.29. The highest BCUT2D eigenvalue weighted by Gasteiger charge is 2.32. The van der Waals surface area contributed by atoms with E-state index in [-0.39, 0.29) is 18.7 Å². The number of benzene rings is 2. The third kappa shape index (κ3) is 5.07. The number of nitrogens with one attached hydrogen (secondary N) is 1. The lowest BCUT2D eigenvalue weighted by molar-refractivity contribution is -0.137. The number of carbonyl (C=O) groups excluding carboxylic acids is 1. The Morgan fingerprint density at radius 2 is 1.84 bits per heavy atom. The molecule has 0 spiro atoms. The first-order chi connectivity index (χ1) is 14.8. The molecule has 2 aliphatic heterocycles. The van der Waals surface area contributed by atoms with Gasteiger partial charge in [-0.2, -0.15) is 13.2 Å². The predicted octanol–water partition coefficient (Wildman–Crippen LogP) is 4.76. The van der Waals surface area contributed by atoms with Crippen LogP contribution in [0.2, 0.25) is 5.02 Å². The summed E-state index contributed by atoms with van der Waals surface area (Å²) < 4.78 is 48.9. The first-order valence-electron chi connectivity index (χ1n) is 10.1. The van der Waals surface area contributed by atoms with Gasteiger partial charge < -0.3 is 19.7 Å². The molecule has 9 heteroatoms. The Kier molecular flexibility index (Phi) is 6.29. The highest BCUT2D eigenvalue weighted by molar-refractivity contribution is 6.31. The molecule has 0 radical (unpaired) electrons. The van der Waals surface area contributed by atoms with E-state index in [0.29, 0.717) is 48.1 Å². The molecule has 1 atom stereocenters. The fraction of sp³-hybridized carbons (Fsp3) is 0.409. The summed E-state index contributed by atoms with van der Waals surface area (Å²) in [4.78, 5) is 14.1. The largest absolute Gasteiger partial charge is 0.454 e. The minimum atomic E-state index is -4.36. The molecule has 166 valence electrons. The Hall–Kier alpha value is -2.45. The summed E-state index contributed by atoms with van der Waals surface area (Å²) in [6, 6.07) is 8.63. The zero-order valence-corrected chi connectivity index (χ0v) is 17.4. The van der Waals surface area contributed by atoms with Gasteiger partial charge in [0.1, 0.15) is 0 Å². The Morgan fingerprint density at radius 3 is 2.55 bits per heavy atom. The molecule has 0 bridgehead atoms. The van der Waals surface area contributed by atoms with Crippen molar-refractivity contribution in [3.05, 3.63) is 58.1 Å². The Balaban J connectivity index is 1.30. The van der Waals surface area contributed by atoms with Crippen LogP contribution in [0, 0.1) is 0 Å². The molecule has 0 aliphatic carbocycles. The van der Waals surface area contributed by atoms with Crippen LogP contribution in [0.15, 0.2) is 36.4 Å². The summed E-state index contributed by atoms with van der Waals surface area (Å²) in [6.07, 6.45) is -2.42. The molecule has 0 aromatic heterocycles. The molecule has 1 amide bonds. The average molecular weight is 455 g/mol. The van der Waals surface area contributed by atoms with Crippen LogP contribution < -0.4 is 14.8 Å². The van der Waals surface area contributed by atoms with Crippen molar-refractivity contribution >= 4 is 17.5 Å². The first-order valence-corrected chi connectivity index (χ1v) is 10.4. The van der Waals surface area contributed by atoms with Crippen molar-refractivity contribution < 1.29 is 27.4 Å². The molecule has 1 fully saturated rings. The van der Waals surface area contributed by atoms with Crippen LogP contribution >= 0.6 is 11.6 Å². The van der Waals surface area contributed by atoms with Gasteiger partial charge in [0, 0.05) is 36.6 Å². The van der Waals surface area contributed by atoms with E-state index in [9.17, 15) is 18.0 Å². The molecule has 1 N–H and O–H groups in total. The third-order valence-corrected chi connectivity index (χ3v) is 5.95. The predicted molar refractivity (Wildman–Crippen MR) is 109 cm³/mol. The summed E-state index contributed by atoms with van der Waals surface area (Å²) in [5, 5.41) is 3.93. The van der Waals surface area contributed by atoms with Crippen molar-refractivity contribution in [3.63, 3.8) is 0 Å². The maximum absolute atomic E-state index is 12.7. The number of fused-ring (bicyclic) bond motifs is 1. The lowest BCUT2D eigenvalue weighted by atomic mass is 10.1. The normalized spacial score (nSPS) is 18.1. The maximum atomic E-state index is 12.7. The topological polar surface area (TPSA) is 50.8 Å². The highest BCUT2D eigenvalue weighted by Crippen LogP contribution is 2.36. The first kappa shape index (κ1) is 21.8. The van der Waals surface area contributed by atoms with Crippen molar-refractivity contribution in [2.24, 2.45) is 0 Å². The molecular formula is C22H22ClF3N2O3. The molecule has 2 aromatic carbocycles. The van der Waals surface area contributed by atoms with E-state index in [2.05, 4.69) is 5.32 Å². The summed E-state index contributed by atoms with van der Waals surface area (Å²) in [7, 11) is 0. The molecule has 1 unspecified atom stereocenters. The summed E-state index contributed by atoms with van der Waals surface area (Å²) in [5.41, 5.74) is 0.898. The second-order valence-corrected chi connectivity index (χ2v) is 8.08. The molecule has 2 aromatic rings. The number of hydrogen-bond donors (Lipinski definition) is 1. The smallest absolute Gasteiger partial charge is 0.416 e. The molecular weight excluding hydrogens is 433 g/mol. The average Bonchev–Trinajstić information content (AvgIpc) is 3.31. The van der Waals surface area contributed by atoms with Gasteiger partial charge in [0.25, 0.3) is 0 Å². The molecule has 0 saturated carbocycles. The van der Waals surface area contributed by atoms with Gasteiger partial charge in [0.05, 0.1) is 5.56 Å². The molecule has 1 saturated heterocycles. The van der Waals surface area contributed by atoms with Crippen molar-refractivity contribution in [3.8, 4) is 11.5 Å². The van der Waals surface area contributed by atoms with Gasteiger partial charge in [-0.15, -0.1) is 0 Å². The van der Waals surface area contributed by atoms with Crippen LogP contribution in [0.5, 0.6) is 11.5 Å². The van der Waals surface area contributed by atoms with E-state index in [0.717, 1.165) is 30.5 Å². The Bertz CT molecular complexity index is 950. The van der Waals surface area contributed by atoms with Crippen LogP contribution in [0.4, 0.5) is 13.2 Å². The van der Waals surface area contributed by atoms with Gasteiger partial charge in [-0.25, -0.2) is 0 Å². The number of halogens is 4. The number of alkyl halides is 3. The van der Waals surface area contributed by atoms with Gasteiger partial charge in [0.15, 0.2) is 11.5 Å². The number of amides is 1. The number of hydrogen-bond acceptors (Lipinski definition) is 4. The fourth-order valence-electron chi connectivity index (χ4n) is 3.89. The molecule has 2 heterocycles. The van der Waals surface area contributed by atoms with Gasteiger partial charge in [-0.1, -0.05) is 23.7 Å². The van der Waals surface area contributed by atoms with Gasteiger partial charge in [0.2, 0.25) is 12.7 Å².